The second kappa shape index (κ2) is 11.4. The maximum atomic E-state index is 6.11. The van der Waals surface area contributed by atoms with Gasteiger partial charge in [-0.3, -0.25) is 9.67 Å². The minimum Gasteiger partial charge on any atom is -0.490 e. The highest BCUT2D eigenvalue weighted by molar-refractivity contribution is 14.0. The summed E-state index contributed by atoms with van der Waals surface area (Å²) in [4.78, 5) is 6.85. The van der Waals surface area contributed by atoms with E-state index in [0.29, 0.717) is 0 Å². The SMILES string of the molecule is CCc1nn(C)c(CC)c1CNC(=NC)N1CCC(Oc2ccccc2)CC1.I. The fraction of sp³-hybridized carbons (Fsp3) is 0.545. The number of halogens is 1. The molecule has 2 heterocycles. The number of nitrogens with zero attached hydrogens (tertiary/aromatic N) is 4. The molecular weight excluding hydrogens is 477 g/mol. The third kappa shape index (κ3) is 5.87. The highest BCUT2D eigenvalue weighted by atomic mass is 127. The van der Waals surface area contributed by atoms with Crippen LogP contribution in [-0.2, 0) is 26.4 Å². The Balaban J connectivity index is 0.00000300. The van der Waals surface area contributed by atoms with Crippen molar-refractivity contribution in [3.63, 3.8) is 0 Å². The zero-order valence-corrected chi connectivity index (χ0v) is 20.3. The molecule has 1 aliphatic rings. The quantitative estimate of drug-likeness (QED) is 0.365. The van der Waals surface area contributed by atoms with Crippen molar-refractivity contribution in [1.82, 2.24) is 20.0 Å². The largest absolute Gasteiger partial charge is 0.490 e. The Morgan fingerprint density at radius 2 is 1.86 bits per heavy atom. The molecule has 1 N–H and O–H groups in total. The molecule has 0 saturated carbocycles. The summed E-state index contributed by atoms with van der Waals surface area (Å²) in [5.41, 5.74) is 3.79. The third-order valence-electron chi connectivity index (χ3n) is 5.45. The van der Waals surface area contributed by atoms with Crippen LogP contribution in [-0.4, -0.2) is 46.9 Å². The molecular formula is C22H34IN5O. The van der Waals surface area contributed by atoms with E-state index in [0.717, 1.165) is 57.0 Å². The fourth-order valence-electron chi connectivity index (χ4n) is 3.97. The Kier molecular flexibility index (Phi) is 9.26. The summed E-state index contributed by atoms with van der Waals surface area (Å²) >= 11 is 0. The van der Waals surface area contributed by atoms with Crippen LogP contribution in [0.4, 0.5) is 0 Å². The van der Waals surface area contributed by atoms with Gasteiger partial charge in [-0.25, -0.2) is 0 Å². The Bertz CT molecular complexity index is 782. The minimum atomic E-state index is 0. The van der Waals surface area contributed by atoms with Crippen LogP contribution in [0.3, 0.4) is 0 Å². The molecule has 0 radical (unpaired) electrons. The first-order chi connectivity index (χ1) is 13.7. The number of aromatic nitrogens is 2. The van der Waals surface area contributed by atoms with Crippen LogP contribution in [0.2, 0.25) is 0 Å². The summed E-state index contributed by atoms with van der Waals surface area (Å²) in [6, 6.07) is 10.1. The van der Waals surface area contributed by atoms with Crippen LogP contribution in [0.5, 0.6) is 5.75 Å². The van der Waals surface area contributed by atoms with Crippen molar-refractivity contribution in [2.24, 2.45) is 12.0 Å². The van der Waals surface area contributed by atoms with Crippen molar-refractivity contribution < 1.29 is 4.74 Å². The number of ether oxygens (including phenoxy) is 1. The number of rotatable bonds is 6. The maximum Gasteiger partial charge on any atom is 0.193 e. The Hall–Kier alpha value is -1.77. The summed E-state index contributed by atoms with van der Waals surface area (Å²) in [5, 5.41) is 8.24. The van der Waals surface area contributed by atoms with Crippen LogP contribution < -0.4 is 10.1 Å². The fourth-order valence-corrected chi connectivity index (χ4v) is 3.97. The van der Waals surface area contributed by atoms with Gasteiger partial charge in [0.2, 0.25) is 0 Å². The van der Waals surface area contributed by atoms with Crippen LogP contribution in [0.1, 0.15) is 43.6 Å². The summed E-state index contributed by atoms with van der Waals surface area (Å²) in [5.74, 6) is 1.92. The molecule has 0 spiro atoms. The molecule has 1 aromatic carbocycles. The molecule has 1 aliphatic heterocycles. The summed E-state index contributed by atoms with van der Waals surface area (Å²) in [6.07, 6.45) is 4.22. The molecule has 1 saturated heterocycles. The van der Waals surface area contributed by atoms with Gasteiger partial charge in [0, 0.05) is 57.8 Å². The monoisotopic (exact) mass is 511 g/mol. The molecule has 1 fully saturated rings. The number of hydrogen-bond donors (Lipinski definition) is 1. The van der Waals surface area contributed by atoms with Crippen LogP contribution in [0.25, 0.3) is 0 Å². The first kappa shape index (κ1) is 23.5. The van der Waals surface area contributed by atoms with E-state index < -0.39 is 0 Å². The van der Waals surface area contributed by atoms with Crippen molar-refractivity contribution in [2.45, 2.75) is 52.2 Å². The number of aliphatic imine (C=N–C) groups is 1. The van der Waals surface area contributed by atoms with Gasteiger partial charge in [-0.2, -0.15) is 5.10 Å². The summed E-state index contributed by atoms with van der Waals surface area (Å²) in [7, 11) is 3.90. The second-order valence-electron chi connectivity index (χ2n) is 7.22. The Morgan fingerprint density at radius 3 is 2.45 bits per heavy atom. The van der Waals surface area contributed by atoms with Gasteiger partial charge in [0.1, 0.15) is 11.9 Å². The lowest BCUT2D eigenvalue weighted by Crippen LogP contribution is -2.47. The van der Waals surface area contributed by atoms with Crippen molar-refractivity contribution in [3.8, 4) is 5.75 Å². The molecule has 0 aliphatic carbocycles. The van der Waals surface area contributed by atoms with Gasteiger partial charge < -0.3 is 15.0 Å². The number of nitrogens with one attached hydrogen (secondary N) is 1. The number of guanidine groups is 1. The molecule has 0 unspecified atom stereocenters. The van der Waals surface area contributed by atoms with Gasteiger partial charge in [0.15, 0.2) is 5.96 Å². The standard InChI is InChI=1S/C22H33N5O.HI/c1-5-20-19(21(6-2)26(4)25-20)16-24-22(23-3)27-14-12-18(13-15-27)28-17-10-8-7-9-11-17;/h7-11,18H,5-6,12-16H2,1-4H3,(H,23,24);1H. The van der Waals surface area contributed by atoms with Crippen LogP contribution in [0.15, 0.2) is 35.3 Å². The number of piperidine rings is 1. The minimum absolute atomic E-state index is 0. The zero-order valence-electron chi connectivity index (χ0n) is 18.0. The molecule has 0 amide bonds. The lowest BCUT2D eigenvalue weighted by molar-refractivity contribution is 0.129. The van der Waals surface area contributed by atoms with E-state index >= 15 is 0 Å². The molecule has 6 nitrogen and oxygen atoms in total. The molecule has 160 valence electrons. The van der Waals surface area contributed by atoms with Crippen molar-refractivity contribution in [2.75, 3.05) is 20.1 Å². The van der Waals surface area contributed by atoms with E-state index in [1.165, 1.54) is 17.0 Å². The summed E-state index contributed by atoms with van der Waals surface area (Å²) < 4.78 is 8.13. The molecule has 3 rings (SSSR count). The number of hydrogen-bond acceptors (Lipinski definition) is 3. The molecule has 0 bridgehead atoms. The van der Waals surface area contributed by atoms with E-state index in [2.05, 4.69) is 34.2 Å². The van der Waals surface area contributed by atoms with Gasteiger partial charge >= 0.3 is 0 Å². The molecule has 7 heteroatoms. The molecule has 2 aromatic rings. The highest BCUT2D eigenvalue weighted by Gasteiger charge is 2.23. The van der Waals surface area contributed by atoms with Gasteiger partial charge in [-0.05, 0) is 25.0 Å². The number of aryl methyl sites for hydroxylation is 2. The van der Waals surface area contributed by atoms with Gasteiger partial charge in [-0.1, -0.05) is 32.0 Å². The van der Waals surface area contributed by atoms with E-state index in [-0.39, 0.29) is 30.1 Å². The smallest absolute Gasteiger partial charge is 0.193 e. The third-order valence-corrected chi connectivity index (χ3v) is 5.45. The predicted octanol–water partition coefficient (Wildman–Crippen LogP) is 3.78. The van der Waals surface area contributed by atoms with Crippen molar-refractivity contribution in [1.29, 1.82) is 0 Å². The first-order valence-electron chi connectivity index (χ1n) is 10.4. The maximum absolute atomic E-state index is 6.11. The number of likely N-dealkylation sites (tertiary alicyclic amines) is 1. The molecule has 1 aromatic heterocycles. The highest BCUT2D eigenvalue weighted by Crippen LogP contribution is 2.19. The van der Waals surface area contributed by atoms with Crippen LogP contribution >= 0.6 is 24.0 Å². The van der Waals surface area contributed by atoms with Crippen LogP contribution in [0, 0.1) is 0 Å². The van der Waals surface area contributed by atoms with E-state index in [1.807, 2.05) is 49.1 Å². The van der Waals surface area contributed by atoms with E-state index in [9.17, 15) is 0 Å². The van der Waals surface area contributed by atoms with Gasteiger partial charge in [0.25, 0.3) is 0 Å². The molecule has 29 heavy (non-hydrogen) atoms. The first-order valence-corrected chi connectivity index (χ1v) is 10.4. The second-order valence-corrected chi connectivity index (χ2v) is 7.22. The Morgan fingerprint density at radius 1 is 1.17 bits per heavy atom. The number of para-hydroxylation sites is 1. The topological polar surface area (TPSA) is 54.7 Å². The lowest BCUT2D eigenvalue weighted by atomic mass is 10.1. The normalized spacial score (nSPS) is 15.2. The zero-order chi connectivity index (χ0) is 19.9. The van der Waals surface area contributed by atoms with Crippen molar-refractivity contribution >= 4 is 29.9 Å². The number of benzene rings is 1. The lowest BCUT2D eigenvalue weighted by Gasteiger charge is -2.34. The van der Waals surface area contributed by atoms with E-state index in [1.54, 1.807) is 0 Å². The average molecular weight is 511 g/mol. The molecule has 0 atom stereocenters. The Labute approximate surface area is 191 Å². The average Bonchev–Trinajstić information content (AvgIpc) is 3.05. The van der Waals surface area contributed by atoms with Gasteiger partial charge in [-0.15, -0.1) is 24.0 Å². The predicted molar refractivity (Wildman–Crippen MR) is 129 cm³/mol. The van der Waals surface area contributed by atoms with Crippen molar-refractivity contribution in [3.05, 3.63) is 47.3 Å². The van der Waals surface area contributed by atoms with E-state index in [4.69, 9.17) is 4.74 Å². The van der Waals surface area contributed by atoms with Gasteiger partial charge in [0.05, 0.1) is 5.69 Å². The summed E-state index contributed by atoms with van der Waals surface area (Å²) in [6.45, 7) is 7.02.